The Morgan fingerprint density at radius 3 is 2.50 bits per heavy atom. The quantitative estimate of drug-likeness (QED) is 0.520. The molecule has 0 aromatic heterocycles. The standard InChI is InChI=1S/C18H26FN5O3S/c19-14-1-3-16(4-2-14)23-8-10-24(11-9-23)18(20)21-7-5-17(25)22-15-6-12-28(26,27)13-15/h1-4,15H,5-13H2,(H2,20,21)(H,22,25). The number of carbonyl (C=O) groups excluding carboxylic acids is 1. The third kappa shape index (κ3) is 5.57. The van der Waals surface area contributed by atoms with Crippen molar-refractivity contribution in [2.45, 2.75) is 18.9 Å². The van der Waals surface area contributed by atoms with Crippen LogP contribution in [0.4, 0.5) is 10.1 Å². The van der Waals surface area contributed by atoms with Gasteiger partial charge in [-0.3, -0.25) is 9.79 Å². The Balaban J connectivity index is 1.39. The fourth-order valence-corrected chi connectivity index (χ4v) is 5.10. The fourth-order valence-electron chi connectivity index (χ4n) is 3.43. The minimum atomic E-state index is -3.01. The summed E-state index contributed by atoms with van der Waals surface area (Å²) in [7, 11) is -3.01. The van der Waals surface area contributed by atoms with E-state index in [9.17, 15) is 17.6 Å². The molecule has 0 aliphatic carbocycles. The molecule has 3 rings (SSSR count). The molecule has 8 nitrogen and oxygen atoms in total. The van der Waals surface area contributed by atoms with E-state index in [-0.39, 0.29) is 42.2 Å². The van der Waals surface area contributed by atoms with Gasteiger partial charge in [0.15, 0.2) is 15.8 Å². The Morgan fingerprint density at radius 2 is 1.89 bits per heavy atom. The molecule has 28 heavy (non-hydrogen) atoms. The average molecular weight is 412 g/mol. The van der Waals surface area contributed by atoms with Crippen LogP contribution in [0.25, 0.3) is 0 Å². The lowest BCUT2D eigenvalue weighted by Gasteiger charge is -2.36. The first-order valence-corrected chi connectivity index (χ1v) is 11.2. The number of nitrogens with zero attached hydrogens (tertiary/aromatic N) is 3. The normalized spacial score (nSPS) is 22.3. The molecular weight excluding hydrogens is 385 g/mol. The Hall–Kier alpha value is -2.36. The van der Waals surface area contributed by atoms with E-state index in [0.29, 0.717) is 25.5 Å². The predicted octanol–water partition coefficient (Wildman–Crippen LogP) is -0.0442. The molecular formula is C18H26FN5O3S. The molecule has 154 valence electrons. The van der Waals surface area contributed by atoms with E-state index in [4.69, 9.17) is 5.73 Å². The highest BCUT2D eigenvalue weighted by molar-refractivity contribution is 7.91. The Kier molecular flexibility index (Phi) is 6.38. The van der Waals surface area contributed by atoms with E-state index >= 15 is 0 Å². The molecule has 3 N–H and O–H groups in total. The number of rotatable bonds is 5. The van der Waals surface area contributed by atoms with Gasteiger partial charge in [0, 0.05) is 44.3 Å². The summed E-state index contributed by atoms with van der Waals surface area (Å²) in [6.45, 7) is 3.14. The molecule has 1 atom stereocenters. The Bertz CT molecular complexity index is 820. The topological polar surface area (TPSA) is 108 Å². The second kappa shape index (κ2) is 8.76. The zero-order chi connectivity index (χ0) is 20.1. The van der Waals surface area contributed by atoms with Gasteiger partial charge >= 0.3 is 0 Å². The number of hydrogen-bond acceptors (Lipinski definition) is 5. The van der Waals surface area contributed by atoms with Crippen molar-refractivity contribution in [2.75, 3.05) is 49.1 Å². The highest BCUT2D eigenvalue weighted by Crippen LogP contribution is 2.16. The summed E-state index contributed by atoms with van der Waals surface area (Å²) in [6.07, 6.45) is 0.643. The van der Waals surface area contributed by atoms with Gasteiger partial charge in [0.25, 0.3) is 0 Å². The van der Waals surface area contributed by atoms with Crippen LogP contribution in [0, 0.1) is 5.82 Å². The van der Waals surface area contributed by atoms with Gasteiger partial charge in [-0.25, -0.2) is 12.8 Å². The number of anilines is 1. The van der Waals surface area contributed by atoms with E-state index in [0.717, 1.165) is 18.8 Å². The molecule has 0 bridgehead atoms. The highest BCUT2D eigenvalue weighted by Gasteiger charge is 2.28. The smallest absolute Gasteiger partial charge is 0.222 e. The molecule has 1 amide bonds. The lowest BCUT2D eigenvalue weighted by Crippen LogP contribution is -2.51. The van der Waals surface area contributed by atoms with Gasteiger partial charge in [-0.05, 0) is 30.7 Å². The summed E-state index contributed by atoms with van der Waals surface area (Å²) in [6, 6.07) is 6.12. The molecule has 10 heteroatoms. The SMILES string of the molecule is NC(=NCCC(=O)NC1CCS(=O)(=O)C1)N1CCN(c2ccc(F)cc2)CC1. The van der Waals surface area contributed by atoms with Crippen LogP contribution in [-0.2, 0) is 14.6 Å². The van der Waals surface area contributed by atoms with Crippen LogP contribution in [0.15, 0.2) is 29.3 Å². The molecule has 0 saturated carbocycles. The maximum atomic E-state index is 13.0. The van der Waals surface area contributed by atoms with E-state index in [1.165, 1.54) is 12.1 Å². The number of aliphatic imine (C=N–C) groups is 1. The number of amides is 1. The van der Waals surface area contributed by atoms with Gasteiger partial charge in [-0.1, -0.05) is 0 Å². The first kappa shape index (κ1) is 20.4. The van der Waals surface area contributed by atoms with Crippen LogP contribution in [-0.4, -0.2) is 75.5 Å². The molecule has 1 unspecified atom stereocenters. The molecule has 2 heterocycles. The summed E-state index contributed by atoms with van der Waals surface area (Å²) >= 11 is 0. The number of nitrogens with two attached hydrogens (primary N) is 1. The summed E-state index contributed by atoms with van der Waals surface area (Å²) in [5, 5.41) is 2.74. The molecule has 1 aromatic carbocycles. The fraction of sp³-hybridized carbons (Fsp3) is 0.556. The third-order valence-corrected chi connectivity index (χ3v) is 6.77. The van der Waals surface area contributed by atoms with Gasteiger partial charge in [0.1, 0.15) is 5.82 Å². The summed E-state index contributed by atoms with van der Waals surface area (Å²) < 4.78 is 35.9. The van der Waals surface area contributed by atoms with E-state index in [2.05, 4.69) is 15.2 Å². The number of piperazine rings is 1. The minimum Gasteiger partial charge on any atom is -0.370 e. The third-order valence-electron chi connectivity index (χ3n) is 5.01. The van der Waals surface area contributed by atoms with Crippen molar-refractivity contribution in [1.29, 1.82) is 0 Å². The van der Waals surface area contributed by atoms with Crippen molar-refractivity contribution in [3.63, 3.8) is 0 Å². The van der Waals surface area contributed by atoms with Gasteiger partial charge in [0.2, 0.25) is 5.91 Å². The first-order valence-electron chi connectivity index (χ1n) is 9.37. The predicted molar refractivity (Wildman–Crippen MR) is 106 cm³/mol. The van der Waals surface area contributed by atoms with E-state index in [1.54, 1.807) is 12.1 Å². The van der Waals surface area contributed by atoms with Crippen molar-refractivity contribution in [3.05, 3.63) is 30.1 Å². The summed E-state index contributed by atoms with van der Waals surface area (Å²) in [4.78, 5) is 20.3. The number of hydrogen-bond donors (Lipinski definition) is 2. The average Bonchev–Trinajstić information content (AvgIpc) is 3.00. The van der Waals surface area contributed by atoms with Crippen molar-refractivity contribution < 1.29 is 17.6 Å². The number of nitrogens with one attached hydrogen (secondary N) is 1. The molecule has 1 aromatic rings. The maximum absolute atomic E-state index is 13.0. The van der Waals surface area contributed by atoms with Crippen molar-refractivity contribution in [2.24, 2.45) is 10.7 Å². The van der Waals surface area contributed by atoms with Crippen molar-refractivity contribution >= 4 is 27.4 Å². The Morgan fingerprint density at radius 1 is 1.21 bits per heavy atom. The summed E-state index contributed by atoms with van der Waals surface area (Å²) in [5.74, 6) is 0.0854. The van der Waals surface area contributed by atoms with Crippen molar-refractivity contribution in [1.82, 2.24) is 10.2 Å². The molecule has 2 aliphatic heterocycles. The molecule has 2 fully saturated rings. The first-order chi connectivity index (χ1) is 13.3. The van der Waals surface area contributed by atoms with Gasteiger partial charge in [-0.2, -0.15) is 0 Å². The molecule has 0 spiro atoms. The van der Waals surface area contributed by atoms with Gasteiger partial charge < -0.3 is 20.9 Å². The van der Waals surface area contributed by atoms with Crippen LogP contribution in [0.3, 0.4) is 0 Å². The van der Waals surface area contributed by atoms with Crippen LogP contribution in [0.5, 0.6) is 0 Å². The molecule has 2 aliphatic rings. The second-order valence-electron chi connectivity index (χ2n) is 7.11. The second-order valence-corrected chi connectivity index (χ2v) is 9.34. The monoisotopic (exact) mass is 411 g/mol. The number of guanidine groups is 1. The molecule has 2 saturated heterocycles. The minimum absolute atomic E-state index is 0.0163. The number of benzene rings is 1. The lowest BCUT2D eigenvalue weighted by atomic mass is 10.2. The van der Waals surface area contributed by atoms with Gasteiger partial charge in [-0.15, -0.1) is 0 Å². The van der Waals surface area contributed by atoms with Crippen LogP contribution in [0.1, 0.15) is 12.8 Å². The van der Waals surface area contributed by atoms with Gasteiger partial charge in [0.05, 0.1) is 18.1 Å². The van der Waals surface area contributed by atoms with Crippen LogP contribution >= 0.6 is 0 Å². The van der Waals surface area contributed by atoms with Crippen LogP contribution < -0.4 is 16.0 Å². The molecule has 0 radical (unpaired) electrons. The number of halogens is 1. The summed E-state index contributed by atoms with van der Waals surface area (Å²) in [5.41, 5.74) is 7.01. The Labute approximate surface area is 164 Å². The van der Waals surface area contributed by atoms with E-state index in [1.807, 2.05) is 4.90 Å². The number of sulfone groups is 1. The zero-order valence-electron chi connectivity index (χ0n) is 15.7. The van der Waals surface area contributed by atoms with Crippen LogP contribution in [0.2, 0.25) is 0 Å². The number of carbonyl (C=O) groups is 1. The largest absolute Gasteiger partial charge is 0.370 e. The zero-order valence-corrected chi connectivity index (χ0v) is 16.5. The van der Waals surface area contributed by atoms with Crippen molar-refractivity contribution in [3.8, 4) is 0 Å². The lowest BCUT2D eigenvalue weighted by molar-refractivity contribution is -0.121. The maximum Gasteiger partial charge on any atom is 0.222 e. The highest BCUT2D eigenvalue weighted by atomic mass is 32.2. The van der Waals surface area contributed by atoms with E-state index < -0.39 is 9.84 Å².